The summed E-state index contributed by atoms with van der Waals surface area (Å²) < 4.78 is 45.0. The molecule has 0 spiro atoms. The Kier molecular flexibility index (Phi) is 5.33. The maximum atomic E-state index is 12.9. The van der Waals surface area contributed by atoms with Crippen LogP contribution in [-0.2, 0) is 17.7 Å². The van der Waals surface area contributed by atoms with Crippen LogP contribution in [0.5, 0.6) is 0 Å². The Hall–Kier alpha value is -2.00. The quantitative estimate of drug-likeness (QED) is 0.823. The highest BCUT2D eigenvalue weighted by Gasteiger charge is 2.31. The molecular formula is C16H20F3N5O. The molecule has 0 unspecified atom stereocenters. The maximum absolute atomic E-state index is 12.9. The lowest BCUT2D eigenvalue weighted by atomic mass is 10.2. The number of halogens is 3. The predicted molar refractivity (Wildman–Crippen MR) is 84.9 cm³/mol. The molecule has 1 fully saturated rings. The zero-order valence-electron chi connectivity index (χ0n) is 13.9. The highest BCUT2D eigenvalue weighted by atomic mass is 19.4. The van der Waals surface area contributed by atoms with Crippen LogP contribution in [0, 0.1) is 0 Å². The van der Waals surface area contributed by atoms with Crippen LogP contribution in [-0.4, -0.2) is 63.2 Å². The third-order valence-corrected chi connectivity index (χ3v) is 4.16. The van der Waals surface area contributed by atoms with Crippen molar-refractivity contribution in [3.8, 4) is 11.4 Å². The fourth-order valence-electron chi connectivity index (χ4n) is 2.86. The molecule has 0 saturated carbocycles. The number of pyridine rings is 1. The van der Waals surface area contributed by atoms with E-state index in [0.29, 0.717) is 31.0 Å². The van der Waals surface area contributed by atoms with Crippen molar-refractivity contribution in [3.05, 3.63) is 30.4 Å². The van der Waals surface area contributed by atoms with Crippen LogP contribution in [0.2, 0.25) is 0 Å². The molecule has 3 heterocycles. The first-order valence-corrected chi connectivity index (χ1v) is 8.15. The predicted octanol–water partition coefficient (Wildman–Crippen LogP) is 2.17. The van der Waals surface area contributed by atoms with Gasteiger partial charge in [-0.3, -0.25) is 9.88 Å². The van der Waals surface area contributed by atoms with Crippen LogP contribution in [0.1, 0.15) is 12.7 Å². The van der Waals surface area contributed by atoms with Gasteiger partial charge in [-0.2, -0.15) is 18.3 Å². The smallest absolute Gasteiger partial charge is 0.379 e. The highest BCUT2D eigenvalue weighted by Crippen LogP contribution is 2.22. The summed E-state index contributed by atoms with van der Waals surface area (Å²) in [5, 5.41) is 4.08. The van der Waals surface area contributed by atoms with Crippen molar-refractivity contribution in [2.45, 2.75) is 32.1 Å². The Bertz CT molecular complexity index is 683. The van der Waals surface area contributed by atoms with Crippen LogP contribution in [0.4, 0.5) is 13.2 Å². The molecule has 1 aliphatic heterocycles. The van der Waals surface area contributed by atoms with E-state index in [4.69, 9.17) is 4.74 Å². The van der Waals surface area contributed by atoms with E-state index in [1.807, 2.05) is 6.92 Å². The van der Waals surface area contributed by atoms with Crippen LogP contribution >= 0.6 is 0 Å². The zero-order chi connectivity index (χ0) is 17.9. The molecule has 1 atom stereocenters. The summed E-state index contributed by atoms with van der Waals surface area (Å²) in [6.07, 6.45) is -0.819. The Morgan fingerprint density at radius 3 is 2.52 bits per heavy atom. The SMILES string of the molecule is C[C@@H](Cc1nc(-c2ccncc2)nn1CC(F)(F)F)N1CCOCC1. The minimum atomic E-state index is -4.35. The van der Waals surface area contributed by atoms with Crippen molar-refractivity contribution in [2.75, 3.05) is 26.3 Å². The highest BCUT2D eigenvalue weighted by molar-refractivity contribution is 5.53. The number of alkyl halides is 3. The average molecular weight is 355 g/mol. The number of rotatable bonds is 5. The van der Waals surface area contributed by atoms with E-state index >= 15 is 0 Å². The Morgan fingerprint density at radius 1 is 1.20 bits per heavy atom. The Balaban J connectivity index is 1.83. The van der Waals surface area contributed by atoms with Gasteiger partial charge in [-0.15, -0.1) is 0 Å². The van der Waals surface area contributed by atoms with Crippen LogP contribution in [0.15, 0.2) is 24.5 Å². The molecule has 2 aromatic heterocycles. The summed E-state index contributed by atoms with van der Waals surface area (Å²) in [6, 6.07) is 3.43. The largest absolute Gasteiger partial charge is 0.408 e. The second-order valence-corrected chi connectivity index (χ2v) is 6.06. The first kappa shape index (κ1) is 17.8. The fraction of sp³-hybridized carbons (Fsp3) is 0.562. The third-order valence-electron chi connectivity index (χ3n) is 4.16. The summed E-state index contributed by atoms with van der Waals surface area (Å²) in [5.74, 6) is 0.624. The molecule has 0 N–H and O–H groups in total. The number of morpholine rings is 1. The van der Waals surface area contributed by atoms with Gasteiger partial charge in [0.25, 0.3) is 0 Å². The number of nitrogens with zero attached hydrogens (tertiary/aromatic N) is 5. The molecule has 0 radical (unpaired) electrons. The lowest BCUT2D eigenvalue weighted by Gasteiger charge is -2.32. The molecular weight excluding hydrogens is 335 g/mol. The molecule has 25 heavy (non-hydrogen) atoms. The molecule has 2 aromatic rings. The minimum Gasteiger partial charge on any atom is -0.379 e. The van der Waals surface area contributed by atoms with E-state index in [2.05, 4.69) is 20.0 Å². The van der Waals surface area contributed by atoms with E-state index in [1.165, 1.54) is 0 Å². The van der Waals surface area contributed by atoms with Gasteiger partial charge < -0.3 is 4.74 Å². The number of hydrogen-bond acceptors (Lipinski definition) is 5. The molecule has 3 rings (SSSR count). The molecule has 1 saturated heterocycles. The number of ether oxygens (including phenoxy) is 1. The van der Waals surface area contributed by atoms with Gasteiger partial charge in [0, 0.05) is 43.5 Å². The van der Waals surface area contributed by atoms with E-state index in [0.717, 1.165) is 17.8 Å². The van der Waals surface area contributed by atoms with Gasteiger partial charge in [0.2, 0.25) is 0 Å². The van der Waals surface area contributed by atoms with Gasteiger partial charge in [-0.1, -0.05) is 0 Å². The van der Waals surface area contributed by atoms with Crippen molar-refractivity contribution in [3.63, 3.8) is 0 Å². The second kappa shape index (κ2) is 7.49. The van der Waals surface area contributed by atoms with E-state index in [9.17, 15) is 13.2 Å². The van der Waals surface area contributed by atoms with Gasteiger partial charge in [-0.05, 0) is 19.1 Å². The van der Waals surface area contributed by atoms with Crippen molar-refractivity contribution in [2.24, 2.45) is 0 Å². The molecule has 1 aliphatic rings. The normalized spacial score (nSPS) is 17.6. The van der Waals surface area contributed by atoms with Gasteiger partial charge in [0.05, 0.1) is 13.2 Å². The molecule has 0 bridgehead atoms. The number of hydrogen-bond donors (Lipinski definition) is 0. The first-order chi connectivity index (χ1) is 11.9. The maximum Gasteiger partial charge on any atom is 0.408 e. The monoisotopic (exact) mass is 355 g/mol. The summed E-state index contributed by atoms with van der Waals surface area (Å²) in [7, 11) is 0. The number of aromatic nitrogens is 4. The molecule has 0 aliphatic carbocycles. The fourth-order valence-corrected chi connectivity index (χ4v) is 2.86. The van der Waals surface area contributed by atoms with Crippen LogP contribution in [0.3, 0.4) is 0 Å². The average Bonchev–Trinajstić information content (AvgIpc) is 2.97. The lowest BCUT2D eigenvalue weighted by Crippen LogP contribution is -2.43. The second-order valence-electron chi connectivity index (χ2n) is 6.06. The molecule has 0 amide bonds. The van der Waals surface area contributed by atoms with Gasteiger partial charge >= 0.3 is 6.18 Å². The topological polar surface area (TPSA) is 56.1 Å². The molecule has 6 nitrogen and oxygen atoms in total. The molecule has 0 aromatic carbocycles. The summed E-state index contributed by atoms with van der Waals surface area (Å²) in [6.45, 7) is 3.67. The van der Waals surface area contributed by atoms with E-state index in [-0.39, 0.29) is 11.9 Å². The van der Waals surface area contributed by atoms with Crippen molar-refractivity contribution in [1.82, 2.24) is 24.6 Å². The van der Waals surface area contributed by atoms with Gasteiger partial charge in [0.15, 0.2) is 5.82 Å². The standard InChI is InChI=1S/C16H20F3N5O/c1-12(23-6-8-25-9-7-23)10-14-21-15(13-2-4-20-5-3-13)22-24(14)11-16(17,18)19/h2-5,12H,6-11H2,1H3/t12-/m0/s1. The molecule has 9 heteroatoms. The van der Waals surface area contributed by atoms with Gasteiger partial charge in [0.1, 0.15) is 12.4 Å². The third kappa shape index (κ3) is 4.76. The van der Waals surface area contributed by atoms with E-state index in [1.54, 1.807) is 24.5 Å². The van der Waals surface area contributed by atoms with E-state index < -0.39 is 12.7 Å². The summed E-state index contributed by atoms with van der Waals surface area (Å²) in [5.41, 5.74) is 0.649. The summed E-state index contributed by atoms with van der Waals surface area (Å²) in [4.78, 5) is 10.5. The van der Waals surface area contributed by atoms with Crippen molar-refractivity contribution < 1.29 is 17.9 Å². The van der Waals surface area contributed by atoms with Gasteiger partial charge in [-0.25, -0.2) is 9.67 Å². The lowest BCUT2D eigenvalue weighted by molar-refractivity contribution is -0.143. The van der Waals surface area contributed by atoms with Crippen LogP contribution < -0.4 is 0 Å². The Morgan fingerprint density at radius 2 is 1.88 bits per heavy atom. The molecule has 136 valence electrons. The van der Waals surface area contributed by atoms with Crippen molar-refractivity contribution in [1.29, 1.82) is 0 Å². The minimum absolute atomic E-state index is 0.0605. The van der Waals surface area contributed by atoms with Crippen LogP contribution in [0.25, 0.3) is 11.4 Å². The van der Waals surface area contributed by atoms with Crippen molar-refractivity contribution >= 4 is 0 Å². The zero-order valence-corrected chi connectivity index (χ0v) is 13.9. The Labute approximate surface area is 143 Å². The summed E-state index contributed by atoms with van der Waals surface area (Å²) >= 11 is 0. The first-order valence-electron chi connectivity index (χ1n) is 8.15.